The lowest BCUT2D eigenvalue weighted by molar-refractivity contribution is 0.612. The monoisotopic (exact) mass is 231 g/mol. The van der Waals surface area contributed by atoms with Gasteiger partial charge in [0, 0.05) is 5.02 Å². The summed E-state index contributed by atoms with van der Waals surface area (Å²) < 4.78 is 13.1. The molecule has 1 atom stereocenters. The number of rotatable bonds is 1. The van der Waals surface area contributed by atoms with Gasteiger partial charge in [-0.25, -0.2) is 4.39 Å². The highest BCUT2D eigenvalue weighted by Gasteiger charge is 2.16. The van der Waals surface area contributed by atoms with E-state index in [4.69, 9.17) is 11.6 Å². The fourth-order valence-corrected chi connectivity index (χ4v) is 2.85. The summed E-state index contributed by atoms with van der Waals surface area (Å²) in [7, 11) is 0. The van der Waals surface area contributed by atoms with Crippen molar-refractivity contribution in [2.24, 2.45) is 0 Å². The van der Waals surface area contributed by atoms with Crippen LogP contribution in [-0.2, 0) is 0 Å². The number of hydrogen-bond donors (Lipinski definition) is 1. The second-order valence-corrected chi connectivity index (χ2v) is 4.91. The van der Waals surface area contributed by atoms with Crippen molar-refractivity contribution in [1.29, 1.82) is 0 Å². The Kier molecular flexibility index (Phi) is 3.31. The highest BCUT2D eigenvalue weighted by Crippen LogP contribution is 2.31. The van der Waals surface area contributed by atoms with E-state index in [-0.39, 0.29) is 11.2 Å². The minimum Gasteiger partial charge on any atom is -0.302 e. The first-order valence-electron chi connectivity index (χ1n) is 4.57. The maximum atomic E-state index is 13.1. The molecule has 0 bridgehead atoms. The Bertz CT molecular complexity index is 306. The van der Waals surface area contributed by atoms with Crippen LogP contribution in [0.4, 0.5) is 4.39 Å². The standard InChI is InChI=1S/C10H11ClFNS/c11-8-4-7(5-9(12)6-8)10-13-2-1-3-14-10/h4-6,10,13H,1-3H2. The molecule has 1 saturated heterocycles. The third-order valence-electron chi connectivity index (χ3n) is 2.12. The Balaban J connectivity index is 2.21. The van der Waals surface area contributed by atoms with Crippen LogP contribution < -0.4 is 5.32 Å². The van der Waals surface area contributed by atoms with Gasteiger partial charge in [-0.15, -0.1) is 11.8 Å². The summed E-state index contributed by atoms with van der Waals surface area (Å²) in [5, 5.41) is 3.98. The van der Waals surface area contributed by atoms with E-state index >= 15 is 0 Å². The maximum absolute atomic E-state index is 13.1. The third kappa shape index (κ3) is 2.41. The molecule has 1 aromatic rings. The molecule has 1 N–H and O–H groups in total. The Morgan fingerprint density at radius 2 is 2.29 bits per heavy atom. The fourth-order valence-electron chi connectivity index (χ4n) is 1.51. The summed E-state index contributed by atoms with van der Waals surface area (Å²) in [5.41, 5.74) is 0.930. The third-order valence-corrected chi connectivity index (χ3v) is 3.64. The average Bonchev–Trinajstić information content (AvgIpc) is 2.18. The molecule has 1 aliphatic heterocycles. The molecular weight excluding hydrogens is 221 g/mol. The summed E-state index contributed by atoms with van der Waals surface area (Å²) in [6.07, 6.45) is 1.17. The molecule has 0 saturated carbocycles. The van der Waals surface area contributed by atoms with E-state index in [2.05, 4.69) is 5.32 Å². The minimum absolute atomic E-state index is 0.192. The lowest BCUT2D eigenvalue weighted by Gasteiger charge is -2.23. The molecule has 14 heavy (non-hydrogen) atoms. The molecule has 1 fully saturated rings. The van der Waals surface area contributed by atoms with Crippen LogP contribution in [-0.4, -0.2) is 12.3 Å². The second-order valence-electron chi connectivity index (χ2n) is 3.26. The van der Waals surface area contributed by atoms with Gasteiger partial charge in [0.15, 0.2) is 0 Å². The minimum atomic E-state index is -0.263. The molecule has 1 unspecified atom stereocenters. The van der Waals surface area contributed by atoms with Crippen molar-refractivity contribution in [3.63, 3.8) is 0 Å². The van der Waals surface area contributed by atoms with Crippen molar-refractivity contribution in [2.45, 2.75) is 11.8 Å². The molecule has 0 spiro atoms. The van der Waals surface area contributed by atoms with Gasteiger partial charge in [-0.3, -0.25) is 0 Å². The molecule has 1 aliphatic rings. The first-order valence-corrected chi connectivity index (χ1v) is 5.99. The van der Waals surface area contributed by atoms with Crippen LogP contribution in [0, 0.1) is 5.82 Å². The van der Waals surface area contributed by atoms with Gasteiger partial charge >= 0.3 is 0 Å². The van der Waals surface area contributed by atoms with E-state index in [1.807, 2.05) is 6.07 Å². The number of hydrogen-bond acceptors (Lipinski definition) is 2. The van der Waals surface area contributed by atoms with Crippen LogP contribution in [0.3, 0.4) is 0 Å². The predicted molar refractivity (Wildman–Crippen MR) is 59.2 cm³/mol. The van der Waals surface area contributed by atoms with E-state index in [0.717, 1.165) is 17.9 Å². The van der Waals surface area contributed by atoms with Crippen LogP contribution in [0.15, 0.2) is 18.2 Å². The zero-order valence-electron chi connectivity index (χ0n) is 7.59. The van der Waals surface area contributed by atoms with Gasteiger partial charge in [-0.1, -0.05) is 11.6 Å². The van der Waals surface area contributed by atoms with Crippen LogP contribution in [0.2, 0.25) is 5.02 Å². The molecule has 2 rings (SSSR count). The van der Waals surface area contributed by atoms with Crippen molar-refractivity contribution in [3.8, 4) is 0 Å². The van der Waals surface area contributed by atoms with Crippen molar-refractivity contribution in [1.82, 2.24) is 5.32 Å². The Morgan fingerprint density at radius 1 is 1.43 bits per heavy atom. The first kappa shape index (κ1) is 10.3. The highest BCUT2D eigenvalue weighted by atomic mass is 35.5. The largest absolute Gasteiger partial charge is 0.302 e. The van der Waals surface area contributed by atoms with Crippen molar-refractivity contribution < 1.29 is 4.39 Å². The SMILES string of the molecule is Fc1cc(Cl)cc(C2NCCCS2)c1. The topological polar surface area (TPSA) is 12.0 Å². The van der Waals surface area contributed by atoms with Crippen molar-refractivity contribution in [3.05, 3.63) is 34.6 Å². The van der Waals surface area contributed by atoms with Gasteiger partial charge in [0.2, 0.25) is 0 Å². The van der Waals surface area contributed by atoms with Gasteiger partial charge in [0.1, 0.15) is 5.82 Å². The van der Waals surface area contributed by atoms with Crippen LogP contribution in [0.1, 0.15) is 17.4 Å². The molecule has 1 nitrogen and oxygen atoms in total. The van der Waals surface area contributed by atoms with E-state index in [0.29, 0.717) is 5.02 Å². The van der Waals surface area contributed by atoms with Gasteiger partial charge in [-0.2, -0.15) is 0 Å². The molecule has 1 aromatic carbocycles. The number of halogens is 2. The molecule has 4 heteroatoms. The lowest BCUT2D eigenvalue weighted by Crippen LogP contribution is -2.25. The first-order chi connectivity index (χ1) is 6.75. The van der Waals surface area contributed by atoms with Gasteiger partial charge in [0.25, 0.3) is 0 Å². The van der Waals surface area contributed by atoms with Crippen LogP contribution in [0.5, 0.6) is 0 Å². The summed E-state index contributed by atoms with van der Waals surface area (Å²) in [4.78, 5) is 0. The van der Waals surface area contributed by atoms with E-state index in [1.54, 1.807) is 17.8 Å². The smallest absolute Gasteiger partial charge is 0.125 e. The Hall–Kier alpha value is -0.250. The van der Waals surface area contributed by atoms with Gasteiger partial charge < -0.3 is 5.32 Å². The second kappa shape index (κ2) is 4.51. The van der Waals surface area contributed by atoms with E-state index in [1.165, 1.54) is 12.5 Å². The molecule has 0 aromatic heterocycles. The Labute approximate surface area is 92.0 Å². The van der Waals surface area contributed by atoms with Crippen LogP contribution in [0.25, 0.3) is 0 Å². The highest BCUT2D eigenvalue weighted by molar-refractivity contribution is 7.99. The summed E-state index contributed by atoms with van der Waals surface area (Å²) in [6, 6.07) is 4.70. The summed E-state index contributed by atoms with van der Waals surface area (Å²) in [6.45, 7) is 0.992. The maximum Gasteiger partial charge on any atom is 0.125 e. The van der Waals surface area contributed by atoms with Crippen molar-refractivity contribution in [2.75, 3.05) is 12.3 Å². The van der Waals surface area contributed by atoms with E-state index < -0.39 is 0 Å². The average molecular weight is 232 g/mol. The molecular formula is C10H11ClFNS. The zero-order valence-corrected chi connectivity index (χ0v) is 9.17. The zero-order chi connectivity index (χ0) is 9.97. The summed E-state index contributed by atoms with van der Waals surface area (Å²) in [5.74, 6) is 0.853. The van der Waals surface area contributed by atoms with Crippen molar-refractivity contribution >= 4 is 23.4 Å². The Morgan fingerprint density at radius 3 is 2.93 bits per heavy atom. The number of thioether (sulfide) groups is 1. The molecule has 0 radical (unpaired) electrons. The van der Waals surface area contributed by atoms with E-state index in [9.17, 15) is 4.39 Å². The number of nitrogens with one attached hydrogen (secondary N) is 1. The molecule has 76 valence electrons. The van der Waals surface area contributed by atoms with Gasteiger partial charge in [-0.05, 0) is 42.5 Å². The molecule has 0 aliphatic carbocycles. The summed E-state index contributed by atoms with van der Waals surface area (Å²) >= 11 is 7.59. The molecule has 1 heterocycles. The fraction of sp³-hybridized carbons (Fsp3) is 0.400. The lowest BCUT2D eigenvalue weighted by atomic mass is 10.2. The van der Waals surface area contributed by atoms with Gasteiger partial charge in [0.05, 0.1) is 5.37 Å². The number of benzene rings is 1. The molecule has 0 amide bonds. The quantitative estimate of drug-likeness (QED) is 0.797. The predicted octanol–water partition coefficient (Wildman–Crippen LogP) is 3.20. The van der Waals surface area contributed by atoms with Crippen LogP contribution >= 0.6 is 23.4 Å². The normalized spacial score (nSPS) is 22.3.